The second-order valence-corrected chi connectivity index (χ2v) is 11.7. The summed E-state index contributed by atoms with van der Waals surface area (Å²) in [4.78, 5) is 28.0. The standard InChI is InChI=1S/C25H33BrFN3O4S/c1-6-23(25(32)28-14-17(2)3)29(15-19-7-9-20(27)10-8-19)24(31)16-30(35(5,33)34)21-11-12-22(26)18(4)13-21/h7-13,17,23H,6,14-16H2,1-5H3,(H,28,32)/t23-/m0/s1. The number of hydrogen-bond acceptors (Lipinski definition) is 4. The summed E-state index contributed by atoms with van der Waals surface area (Å²) in [5, 5.41) is 2.86. The van der Waals surface area contributed by atoms with Gasteiger partial charge in [0, 0.05) is 17.6 Å². The van der Waals surface area contributed by atoms with Crippen molar-refractivity contribution in [1.29, 1.82) is 0 Å². The maximum atomic E-state index is 13.6. The molecular formula is C25H33BrFN3O4S. The highest BCUT2D eigenvalue weighted by molar-refractivity contribution is 9.10. The number of halogens is 2. The minimum absolute atomic E-state index is 0.0314. The number of aryl methyl sites for hydroxylation is 1. The van der Waals surface area contributed by atoms with Gasteiger partial charge in [-0.05, 0) is 60.7 Å². The number of sulfonamides is 1. The van der Waals surface area contributed by atoms with Gasteiger partial charge in [0.05, 0.1) is 11.9 Å². The van der Waals surface area contributed by atoms with E-state index in [9.17, 15) is 22.4 Å². The van der Waals surface area contributed by atoms with E-state index in [0.717, 1.165) is 20.6 Å². The summed E-state index contributed by atoms with van der Waals surface area (Å²) in [7, 11) is -3.81. The normalized spacial score (nSPS) is 12.3. The second kappa shape index (κ2) is 12.5. The van der Waals surface area contributed by atoms with Crippen LogP contribution in [0, 0.1) is 18.7 Å². The van der Waals surface area contributed by atoms with Gasteiger partial charge in [0.15, 0.2) is 0 Å². The monoisotopic (exact) mass is 569 g/mol. The Bertz CT molecular complexity index is 1140. The van der Waals surface area contributed by atoms with Crippen molar-refractivity contribution in [2.45, 2.75) is 46.7 Å². The number of anilines is 1. The van der Waals surface area contributed by atoms with E-state index in [1.165, 1.54) is 17.0 Å². The van der Waals surface area contributed by atoms with Crippen LogP contribution in [0.25, 0.3) is 0 Å². The Morgan fingerprint density at radius 3 is 2.26 bits per heavy atom. The average Bonchev–Trinajstić information content (AvgIpc) is 2.78. The highest BCUT2D eigenvalue weighted by atomic mass is 79.9. The number of amides is 2. The first-order chi connectivity index (χ1) is 16.3. The van der Waals surface area contributed by atoms with Gasteiger partial charge in [-0.2, -0.15) is 0 Å². The predicted molar refractivity (Wildman–Crippen MR) is 140 cm³/mol. The molecule has 0 aromatic heterocycles. The van der Waals surface area contributed by atoms with Crippen LogP contribution in [-0.4, -0.2) is 50.5 Å². The van der Waals surface area contributed by atoms with E-state index in [1.54, 1.807) is 37.3 Å². The third-order valence-corrected chi connectivity index (χ3v) is 7.48. The van der Waals surface area contributed by atoms with Crippen molar-refractivity contribution in [2.75, 3.05) is 23.7 Å². The van der Waals surface area contributed by atoms with Crippen LogP contribution in [-0.2, 0) is 26.2 Å². The number of carbonyl (C=O) groups is 2. The van der Waals surface area contributed by atoms with E-state index in [-0.39, 0.29) is 18.4 Å². The van der Waals surface area contributed by atoms with Crippen LogP contribution in [0.5, 0.6) is 0 Å². The fraction of sp³-hybridized carbons (Fsp3) is 0.440. The Morgan fingerprint density at radius 1 is 1.11 bits per heavy atom. The molecule has 2 aromatic rings. The molecule has 0 fully saturated rings. The van der Waals surface area contributed by atoms with Crippen molar-refractivity contribution < 1.29 is 22.4 Å². The van der Waals surface area contributed by atoms with Crippen LogP contribution in [0.2, 0.25) is 0 Å². The Balaban J connectivity index is 2.43. The van der Waals surface area contributed by atoms with Crippen molar-refractivity contribution in [3.63, 3.8) is 0 Å². The first-order valence-electron chi connectivity index (χ1n) is 11.4. The highest BCUT2D eigenvalue weighted by Crippen LogP contribution is 2.25. The zero-order valence-corrected chi connectivity index (χ0v) is 23.1. The second-order valence-electron chi connectivity index (χ2n) is 8.91. The molecule has 0 unspecified atom stereocenters. The molecule has 2 aromatic carbocycles. The molecule has 10 heteroatoms. The summed E-state index contributed by atoms with van der Waals surface area (Å²) >= 11 is 3.40. The first kappa shape index (κ1) is 28.8. The summed E-state index contributed by atoms with van der Waals surface area (Å²) in [6, 6.07) is 9.84. The molecule has 0 saturated heterocycles. The zero-order valence-electron chi connectivity index (χ0n) is 20.7. The molecule has 35 heavy (non-hydrogen) atoms. The summed E-state index contributed by atoms with van der Waals surface area (Å²) < 4.78 is 40.6. The smallest absolute Gasteiger partial charge is 0.244 e. The van der Waals surface area contributed by atoms with Gasteiger partial charge in [-0.3, -0.25) is 13.9 Å². The van der Waals surface area contributed by atoms with Crippen molar-refractivity contribution >= 4 is 43.5 Å². The quantitative estimate of drug-likeness (QED) is 0.438. The Kier molecular flexibility index (Phi) is 10.3. The highest BCUT2D eigenvalue weighted by Gasteiger charge is 2.31. The van der Waals surface area contributed by atoms with Gasteiger partial charge in [-0.1, -0.05) is 48.8 Å². The van der Waals surface area contributed by atoms with Crippen molar-refractivity contribution in [3.8, 4) is 0 Å². The SMILES string of the molecule is CC[C@@H](C(=O)NCC(C)C)N(Cc1ccc(F)cc1)C(=O)CN(c1ccc(Br)c(C)c1)S(C)(=O)=O. The Hall–Kier alpha value is -2.46. The van der Waals surface area contributed by atoms with E-state index in [1.807, 2.05) is 20.8 Å². The maximum absolute atomic E-state index is 13.6. The van der Waals surface area contributed by atoms with Crippen LogP contribution >= 0.6 is 15.9 Å². The zero-order chi connectivity index (χ0) is 26.3. The van der Waals surface area contributed by atoms with Gasteiger partial charge in [-0.25, -0.2) is 12.8 Å². The van der Waals surface area contributed by atoms with Crippen molar-refractivity contribution in [2.24, 2.45) is 5.92 Å². The van der Waals surface area contributed by atoms with E-state index < -0.39 is 34.3 Å². The van der Waals surface area contributed by atoms with E-state index in [0.29, 0.717) is 24.2 Å². The van der Waals surface area contributed by atoms with Gasteiger partial charge in [0.2, 0.25) is 21.8 Å². The third-order valence-electron chi connectivity index (χ3n) is 5.45. The number of carbonyl (C=O) groups excluding carboxylic acids is 2. The molecule has 0 aliphatic heterocycles. The van der Waals surface area contributed by atoms with Crippen LogP contribution in [0.1, 0.15) is 38.3 Å². The van der Waals surface area contributed by atoms with Crippen LogP contribution in [0.15, 0.2) is 46.9 Å². The summed E-state index contributed by atoms with van der Waals surface area (Å²) in [5.41, 5.74) is 1.78. The molecule has 2 rings (SSSR count). The molecule has 0 spiro atoms. The molecular weight excluding hydrogens is 537 g/mol. The van der Waals surface area contributed by atoms with E-state index >= 15 is 0 Å². The molecule has 1 atom stereocenters. The molecule has 7 nitrogen and oxygen atoms in total. The summed E-state index contributed by atoms with van der Waals surface area (Å²) in [5.74, 6) is -1.05. The lowest BCUT2D eigenvalue weighted by Gasteiger charge is -2.33. The number of hydrogen-bond donors (Lipinski definition) is 1. The lowest BCUT2D eigenvalue weighted by atomic mass is 10.1. The third kappa shape index (κ3) is 8.31. The lowest BCUT2D eigenvalue weighted by molar-refractivity contribution is -0.140. The number of benzene rings is 2. The van der Waals surface area contributed by atoms with Crippen molar-refractivity contribution in [3.05, 3.63) is 63.9 Å². The number of nitrogens with zero attached hydrogens (tertiary/aromatic N) is 2. The molecule has 0 heterocycles. The van der Waals surface area contributed by atoms with Gasteiger partial charge < -0.3 is 10.2 Å². The molecule has 0 aliphatic rings. The van der Waals surface area contributed by atoms with Crippen LogP contribution in [0.4, 0.5) is 10.1 Å². The number of nitrogens with one attached hydrogen (secondary N) is 1. The largest absolute Gasteiger partial charge is 0.354 e. The summed E-state index contributed by atoms with van der Waals surface area (Å²) in [6.45, 7) is 7.54. The van der Waals surface area contributed by atoms with Crippen LogP contribution < -0.4 is 9.62 Å². The fourth-order valence-corrected chi connectivity index (χ4v) is 4.61. The maximum Gasteiger partial charge on any atom is 0.244 e. The molecule has 192 valence electrons. The Labute approximate surface area is 215 Å². The lowest BCUT2D eigenvalue weighted by Crippen LogP contribution is -2.52. The van der Waals surface area contributed by atoms with Crippen molar-refractivity contribution in [1.82, 2.24) is 10.2 Å². The minimum atomic E-state index is -3.81. The van der Waals surface area contributed by atoms with Gasteiger partial charge in [-0.15, -0.1) is 0 Å². The predicted octanol–water partition coefficient (Wildman–Crippen LogP) is 4.24. The van der Waals surface area contributed by atoms with E-state index in [4.69, 9.17) is 0 Å². The average molecular weight is 571 g/mol. The molecule has 0 aliphatic carbocycles. The first-order valence-corrected chi connectivity index (χ1v) is 14.0. The van der Waals surface area contributed by atoms with Gasteiger partial charge >= 0.3 is 0 Å². The Morgan fingerprint density at radius 2 is 1.74 bits per heavy atom. The fourth-order valence-electron chi connectivity index (χ4n) is 3.53. The molecule has 1 N–H and O–H groups in total. The minimum Gasteiger partial charge on any atom is -0.354 e. The molecule has 0 radical (unpaired) electrons. The molecule has 0 saturated carbocycles. The molecule has 0 bridgehead atoms. The molecule has 2 amide bonds. The number of rotatable bonds is 11. The van der Waals surface area contributed by atoms with Gasteiger partial charge in [0.1, 0.15) is 18.4 Å². The van der Waals surface area contributed by atoms with Gasteiger partial charge in [0.25, 0.3) is 0 Å². The van der Waals surface area contributed by atoms with Crippen LogP contribution in [0.3, 0.4) is 0 Å². The van der Waals surface area contributed by atoms with E-state index in [2.05, 4.69) is 21.2 Å². The topological polar surface area (TPSA) is 86.8 Å². The summed E-state index contributed by atoms with van der Waals surface area (Å²) in [6.07, 6.45) is 1.36.